The van der Waals surface area contributed by atoms with Crippen molar-refractivity contribution in [2.45, 2.75) is 115 Å². The molecule has 2 aromatic carbocycles. The van der Waals surface area contributed by atoms with Gasteiger partial charge in [-0.2, -0.15) is 13.8 Å². The van der Waals surface area contributed by atoms with Gasteiger partial charge in [0, 0.05) is 11.8 Å². The molecule has 4 atom stereocenters. The number of nitrogens with one attached hydrogen (secondary N) is 1. The highest BCUT2D eigenvalue weighted by molar-refractivity contribution is 6.84. The first kappa shape index (κ1) is 40.2. The van der Waals surface area contributed by atoms with Gasteiger partial charge in [0.15, 0.2) is 17.6 Å². The number of hydrogen-bond donors (Lipinski definition) is 1. The van der Waals surface area contributed by atoms with Crippen molar-refractivity contribution >= 4 is 28.8 Å². The van der Waals surface area contributed by atoms with Crippen molar-refractivity contribution in [3.05, 3.63) is 82.4 Å². The number of halogens is 2. The van der Waals surface area contributed by atoms with Crippen LogP contribution in [0.3, 0.4) is 0 Å². The molecule has 0 bridgehead atoms. The van der Waals surface area contributed by atoms with E-state index < -0.39 is 59.2 Å². The maximum atomic E-state index is 16.5. The first-order chi connectivity index (χ1) is 25.6. The molecule has 3 aliphatic rings. The van der Waals surface area contributed by atoms with Gasteiger partial charge in [0.1, 0.15) is 24.6 Å². The molecule has 12 nitrogen and oxygen atoms in total. The lowest BCUT2D eigenvalue weighted by atomic mass is 10.1. The maximum absolute atomic E-state index is 16.5. The van der Waals surface area contributed by atoms with Gasteiger partial charge >= 0.3 is 28.7 Å². The number of nitrogens with zero attached hydrogens (tertiary/aromatic N) is 2. The molecular formula is C38H51F2N3O9Si2. The van der Waals surface area contributed by atoms with Crippen LogP contribution in [-0.2, 0) is 29.0 Å². The number of ether oxygens (including phenoxy) is 4. The molecule has 294 valence electrons. The van der Waals surface area contributed by atoms with Crippen molar-refractivity contribution in [1.29, 1.82) is 0 Å². The third-order valence-electron chi connectivity index (χ3n) is 10.3. The van der Waals surface area contributed by atoms with E-state index >= 15 is 8.78 Å². The fraction of sp³-hybridized carbons (Fsp3) is 0.553. The third kappa shape index (κ3) is 7.79. The highest BCUT2D eigenvalue weighted by Crippen LogP contribution is 2.52. The Hall–Kier alpha value is -3.52. The number of anilines is 1. The Morgan fingerprint density at radius 2 is 1.63 bits per heavy atom. The number of benzene rings is 2. The lowest BCUT2D eigenvalue weighted by molar-refractivity contribution is -0.140. The molecule has 1 amide bonds. The van der Waals surface area contributed by atoms with E-state index in [1.807, 2.05) is 85.7 Å². The minimum absolute atomic E-state index is 0.0122. The maximum Gasteiger partial charge on any atom is 0.351 e. The molecule has 3 aliphatic heterocycles. The molecule has 1 aromatic heterocycles. The smallest absolute Gasteiger partial charge is 0.351 e. The van der Waals surface area contributed by atoms with Crippen molar-refractivity contribution in [1.82, 2.24) is 9.55 Å². The van der Waals surface area contributed by atoms with Crippen LogP contribution in [0.5, 0.6) is 11.5 Å². The summed E-state index contributed by atoms with van der Waals surface area (Å²) in [5, 5.41) is 2.58. The van der Waals surface area contributed by atoms with Crippen molar-refractivity contribution < 1.29 is 45.5 Å². The summed E-state index contributed by atoms with van der Waals surface area (Å²) in [7, 11) is -6.40. The van der Waals surface area contributed by atoms with Crippen molar-refractivity contribution in [3.8, 4) is 11.5 Å². The summed E-state index contributed by atoms with van der Waals surface area (Å²) >= 11 is 0. The Kier molecular flexibility index (Phi) is 11.8. The van der Waals surface area contributed by atoms with Gasteiger partial charge in [-0.25, -0.2) is 4.79 Å². The quantitative estimate of drug-likeness (QED) is 0.197. The second kappa shape index (κ2) is 15.9. The summed E-state index contributed by atoms with van der Waals surface area (Å²) in [6.45, 7) is 16.7. The molecule has 2 saturated heterocycles. The van der Waals surface area contributed by atoms with E-state index in [0.717, 1.165) is 16.3 Å². The Morgan fingerprint density at radius 3 is 2.28 bits per heavy atom. The van der Waals surface area contributed by atoms with E-state index in [9.17, 15) is 9.59 Å². The van der Waals surface area contributed by atoms with E-state index in [1.54, 1.807) is 12.1 Å². The fourth-order valence-electron chi connectivity index (χ4n) is 7.44. The molecule has 6 rings (SSSR count). The van der Waals surface area contributed by atoms with Gasteiger partial charge in [-0.05, 0) is 52.0 Å². The normalized spacial score (nSPS) is 24.3. The van der Waals surface area contributed by atoms with E-state index in [-0.39, 0.29) is 53.4 Å². The second-order valence-electron chi connectivity index (χ2n) is 15.4. The van der Waals surface area contributed by atoms with Crippen LogP contribution in [0, 0.1) is 0 Å². The standard InChI is InChI=1S/C38H51F2N3O9Si2/c1-23(2)53(24(3)4)48-22-32-34(51-54(52-53,25(5)6)26(7)8)38(39,40)36(50-32)43-17-16-33(42-37(43)45)41-35(44)28-14-15-30-31(18-28)49-29(21-47-30)20-46-19-27-12-10-9-11-13-27/h9-18,23-26,29,32,34,36H,19-22H2,1-8H3,(H,41,42,44,45)/t29?,32-,34-,36?/m1/s1. The average molecular weight is 788 g/mol. The first-order valence-electron chi connectivity index (χ1n) is 18.6. The van der Waals surface area contributed by atoms with E-state index in [4.69, 9.17) is 31.9 Å². The Morgan fingerprint density at radius 1 is 0.944 bits per heavy atom. The molecule has 2 unspecified atom stereocenters. The molecule has 2 fully saturated rings. The number of aromatic nitrogens is 2. The van der Waals surface area contributed by atoms with Crippen LogP contribution >= 0.6 is 0 Å². The minimum atomic E-state index is -3.65. The van der Waals surface area contributed by atoms with Gasteiger partial charge in [-0.1, -0.05) is 85.7 Å². The summed E-state index contributed by atoms with van der Waals surface area (Å²) in [5.74, 6) is -3.53. The molecule has 0 saturated carbocycles. The zero-order valence-electron chi connectivity index (χ0n) is 32.0. The summed E-state index contributed by atoms with van der Waals surface area (Å²) in [4.78, 5) is 30.5. The van der Waals surface area contributed by atoms with Crippen LogP contribution < -0.4 is 20.5 Å². The highest BCUT2D eigenvalue weighted by atomic mass is 28.5. The lowest BCUT2D eigenvalue weighted by Crippen LogP contribution is -2.66. The van der Waals surface area contributed by atoms with Crippen LogP contribution in [0.1, 0.15) is 77.5 Å². The van der Waals surface area contributed by atoms with Crippen molar-refractivity contribution in [2.75, 3.05) is 25.1 Å². The van der Waals surface area contributed by atoms with Crippen LogP contribution in [-0.4, -0.2) is 76.6 Å². The Labute approximate surface area is 316 Å². The highest BCUT2D eigenvalue weighted by Gasteiger charge is 2.67. The number of carbonyl (C=O) groups excluding carboxylic acids is 1. The molecule has 4 heterocycles. The van der Waals surface area contributed by atoms with E-state index in [0.29, 0.717) is 18.1 Å². The third-order valence-corrected chi connectivity index (χ3v) is 20.6. The molecule has 3 aromatic rings. The summed E-state index contributed by atoms with van der Waals surface area (Å²) in [6.07, 6.45) is -4.17. The zero-order chi connectivity index (χ0) is 39.0. The van der Waals surface area contributed by atoms with Crippen molar-refractivity contribution in [2.24, 2.45) is 0 Å². The van der Waals surface area contributed by atoms with Gasteiger partial charge in [-0.3, -0.25) is 9.36 Å². The first-order valence-corrected chi connectivity index (χ1v) is 22.5. The number of alkyl halides is 2. The SMILES string of the molecule is CC(C)[Si]1(C(C)C)OC[C@H]2OC(n3ccc(NC(=O)c4ccc5c(c4)OC(COCc4ccccc4)CO5)nc3=O)C(F)(F)[C@@H]2O[Si](C(C)C)(C(C)C)O1. The van der Waals surface area contributed by atoms with Crippen LogP contribution in [0.2, 0.25) is 22.2 Å². The number of rotatable bonds is 11. The Balaban J connectivity index is 1.17. The second-order valence-corrected chi connectivity index (χ2v) is 24.2. The lowest BCUT2D eigenvalue weighted by Gasteiger charge is -2.51. The number of fused-ring (bicyclic) bond motifs is 2. The number of carbonyl (C=O) groups is 1. The molecule has 1 N–H and O–H groups in total. The van der Waals surface area contributed by atoms with Gasteiger partial charge in [0.25, 0.3) is 5.91 Å². The number of amides is 1. The molecular weight excluding hydrogens is 737 g/mol. The average Bonchev–Trinajstić information content (AvgIpc) is 3.35. The monoisotopic (exact) mass is 787 g/mol. The van der Waals surface area contributed by atoms with Crippen molar-refractivity contribution in [3.63, 3.8) is 0 Å². The summed E-state index contributed by atoms with van der Waals surface area (Å²) in [6, 6.07) is 15.7. The number of hydrogen-bond acceptors (Lipinski definition) is 10. The summed E-state index contributed by atoms with van der Waals surface area (Å²) in [5.41, 5.74) is -0.129. The predicted octanol–water partition coefficient (Wildman–Crippen LogP) is 7.34. The molecule has 0 spiro atoms. The van der Waals surface area contributed by atoms with Crippen LogP contribution in [0.15, 0.2) is 65.6 Å². The molecule has 0 radical (unpaired) electrons. The van der Waals surface area contributed by atoms with E-state index in [1.165, 1.54) is 12.1 Å². The largest absolute Gasteiger partial charge is 0.486 e. The predicted molar refractivity (Wildman–Crippen MR) is 202 cm³/mol. The van der Waals surface area contributed by atoms with Crippen LogP contribution in [0.4, 0.5) is 14.6 Å². The fourth-order valence-corrected chi connectivity index (χ4v) is 18.6. The van der Waals surface area contributed by atoms with Gasteiger partial charge in [-0.15, -0.1) is 0 Å². The molecule has 16 heteroatoms. The minimum Gasteiger partial charge on any atom is -0.486 e. The zero-order valence-corrected chi connectivity index (χ0v) is 34.0. The summed E-state index contributed by atoms with van der Waals surface area (Å²) < 4.78 is 77.6. The molecule has 0 aliphatic carbocycles. The topological polar surface area (TPSA) is 129 Å². The van der Waals surface area contributed by atoms with Gasteiger partial charge < -0.3 is 37.2 Å². The molecule has 54 heavy (non-hydrogen) atoms. The van der Waals surface area contributed by atoms with E-state index in [2.05, 4.69) is 10.3 Å². The van der Waals surface area contributed by atoms with Gasteiger partial charge in [0.2, 0.25) is 6.23 Å². The van der Waals surface area contributed by atoms with Crippen LogP contribution in [0.25, 0.3) is 0 Å². The Bertz CT molecular complexity index is 1830. The van der Waals surface area contributed by atoms with Gasteiger partial charge in [0.05, 0.1) is 19.8 Å².